The van der Waals surface area contributed by atoms with Crippen LogP contribution in [0.5, 0.6) is 5.75 Å². The number of nitriles is 1. The summed E-state index contributed by atoms with van der Waals surface area (Å²) in [5.74, 6) is 1.59. The van der Waals surface area contributed by atoms with Crippen LogP contribution in [0.25, 0.3) is 0 Å². The normalized spacial score (nSPS) is 10.1. The van der Waals surface area contributed by atoms with E-state index < -0.39 is 0 Å². The maximum absolute atomic E-state index is 8.60. The van der Waals surface area contributed by atoms with E-state index in [0.29, 0.717) is 13.0 Å². The van der Waals surface area contributed by atoms with Crippen LogP contribution < -0.4 is 4.74 Å². The average Bonchev–Trinajstić information content (AvgIpc) is 2.86. The zero-order valence-corrected chi connectivity index (χ0v) is 10.9. The van der Waals surface area contributed by atoms with E-state index in [-0.39, 0.29) is 0 Å². The fourth-order valence-electron chi connectivity index (χ4n) is 1.74. The van der Waals surface area contributed by atoms with E-state index in [1.807, 2.05) is 28.9 Å². The van der Waals surface area contributed by atoms with E-state index in [0.717, 1.165) is 30.1 Å². The molecule has 0 saturated carbocycles. The van der Waals surface area contributed by atoms with Crippen LogP contribution in [0.2, 0.25) is 0 Å². The maximum Gasteiger partial charge on any atom is 0.164 e. The molecule has 0 amide bonds. The van der Waals surface area contributed by atoms with Crippen LogP contribution in [-0.4, -0.2) is 14.8 Å². The standard InChI is InChI=1S/C14H16N4O/c1-2-9-18-14(16-11-17-18)10-19-13-5-3-12(4-6-13)7-8-15/h3-6,11H,2,7,9-10H2,1H3. The molecule has 0 unspecified atom stereocenters. The molecule has 0 saturated heterocycles. The summed E-state index contributed by atoms with van der Waals surface area (Å²) in [6.07, 6.45) is 2.98. The van der Waals surface area contributed by atoms with Crippen molar-refractivity contribution in [3.05, 3.63) is 42.0 Å². The van der Waals surface area contributed by atoms with Crippen LogP contribution in [0.4, 0.5) is 0 Å². The monoisotopic (exact) mass is 256 g/mol. The van der Waals surface area contributed by atoms with Crippen molar-refractivity contribution in [3.63, 3.8) is 0 Å². The van der Waals surface area contributed by atoms with Gasteiger partial charge in [0.2, 0.25) is 0 Å². The van der Waals surface area contributed by atoms with Crippen molar-refractivity contribution >= 4 is 0 Å². The quantitative estimate of drug-likeness (QED) is 0.795. The zero-order chi connectivity index (χ0) is 13.5. The Morgan fingerprint density at radius 2 is 2.11 bits per heavy atom. The Morgan fingerprint density at radius 1 is 1.32 bits per heavy atom. The van der Waals surface area contributed by atoms with Gasteiger partial charge in [0.05, 0.1) is 12.5 Å². The van der Waals surface area contributed by atoms with Gasteiger partial charge in [0.1, 0.15) is 18.7 Å². The molecule has 5 nitrogen and oxygen atoms in total. The molecule has 5 heteroatoms. The molecule has 98 valence electrons. The molecule has 2 rings (SSSR count). The highest BCUT2D eigenvalue weighted by Gasteiger charge is 2.04. The Bertz CT molecular complexity index is 554. The first-order chi connectivity index (χ1) is 9.33. The Balaban J connectivity index is 1.94. The van der Waals surface area contributed by atoms with E-state index in [1.165, 1.54) is 0 Å². The van der Waals surface area contributed by atoms with Crippen LogP contribution >= 0.6 is 0 Å². The van der Waals surface area contributed by atoms with Gasteiger partial charge in [-0.05, 0) is 24.1 Å². The van der Waals surface area contributed by atoms with Gasteiger partial charge in [0.15, 0.2) is 5.82 Å². The van der Waals surface area contributed by atoms with Crippen LogP contribution in [0.15, 0.2) is 30.6 Å². The molecule has 2 aromatic rings. The molecule has 0 N–H and O–H groups in total. The number of hydrogen-bond acceptors (Lipinski definition) is 4. The van der Waals surface area contributed by atoms with Gasteiger partial charge in [0.25, 0.3) is 0 Å². The van der Waals surface area contributed by atoms with Gasteiger partial charge in [-0.2, -0.15) is 10.4 Å². The largest absolute Gasteiger partial charge is 0.486 e. The second kappa shape index (κ2) is 6.55. The zero-order valence-electron chi connectivity index (χ0n) is 10.9. The molecule has 0 aliphatic rings. The Morgan fingerprint density at radius 3 is 2.79 bits per heavy atom. The number of ether oxygens (including phenoxy) is 1. The van der Waals surface area contributed by atoms with Gasteiger partial charge in [-0.1, -0.05) is 19.1 Å². The number of nitrogens with zero attached hydrogens (tertiary/aromatic N) is 4. The highest BCUT2D eigenvalue weighted by atomic mass is 16.5. The number of hydrogen-bond donors (Lipinski definition) is 0. The highest BCUT2D eigenvalue weighted by Crippen LogP contribution is 2.14. The summed E-state index contributed by atoms with van der Waals surface area (Å²) in [4.78, 5) is 4.18. The minimum Gasteiger partial charge on any atom is -0.486 e. The average molecular weight is 256 g/mol. The molecule has 0 radical (unpaired) electrons. The first-order valence-electron chi connectivity index (χ1n) is 6.29. The molecule has 0 aliphatic heterocycles. The molecule has 0 aliphatic carbocycles. The first-order valence-corrected chi connectivity index (χ1v) is 6.29. The van der Waals surface area contributed by atoms with E-state index >= 15 is 0 Å². The molecule has 0 atom stereocenters. The lowest BCUT2D eigenvalue weighted by molar-refractivity contribution is 0.286. The second-order valence-corrected chi connectivity index (χ2v) is 4.17. The molecule has 19 heavy (non-hydrogen) atoms. The lowest BCUT2D eigenvalue weighted by Gasteiger charge is -2.07. The van der Waals surface area contributed by atoms with Gasteiger partial charge in [-0.25, -0.2) is 9.67 Å². The van der Waals surface area contributed by atoms with Crippen LogP contribution in [0, 0.1) is 11.3 Å². The fourth-order valence-corrected chi connectivity index (χ4v) is 1.74. The SMILES string of the molecule is CCCn1ncnc1COc1ccc(CC#N)cc1. The number of rotatable bonds is 6. The summed E-state index contributed by atoms with van der Waals surface area (Å²) < 4.78 is 7.52. The summed E-state index contributed by atoms with van der Waals surface area (Å²) >= 11 is 0. The lowest BCUT2D eigenvalue weighted by Crippen LogP contribution is -2.08. The molecular formula is C14H16N4O. The molecule has 1 aromatic carbocycles. The Hall–Kier alpha value is -2.35. The minimum atomic E-state index is 0.400. The fraction of sp³-hybridized carbons (Fsp3) is 0.357. The predicted octanol–water partition coefficient (Wildman–Crippen LogP) is 2.33. The summed E-state index contributed by atoms with van der Waals surface area (Å²) in [7, 11) is 0. The first kappa shape index (κ1) is 13.1. The smallest absolute Gasteiger partial charge is 0.164 e. The van der Waals surface area contributed by atoms with E-state index in [2.05, 4.69) is 23.1 Å². The summed E-state index contributed by atoms with van der Waals surface area (Å²) in [6.45, 7) is 3.34. The molecule has 1 heterocycles. The minimum absolute atomic E-state index is 0.400. The van der Waals surface area contributed by atoms with Crippen molar-refractivity contribution < 1.29 is 4.74 Å². The van der Waals surface area contributed by atoms with Crippen LogP contribution in [0.1, 0.15) is 24.7 Å². The topological polar surface area (TPSA) is 63.7 Å². The van der Waals surface area contributed by atoms with E-state index in [9.17, 15) is 0 Å². The van der Waals surface area contributed by atoms with Gasteiger partial charge in [-0.15, -0.1) is 0 Å². The van der Waals surface area contributed by atoms with E-state index in [4.69, 9.17) is 10.00 Å². The van der Waals surface area contributed by atoms with Gasteiger partial charge < -0.3 is 4.74 Å². The third-order valence-electron chi connectivity index (χ3n) is 2.71. The Labute approximate surface area is 112 Å². The van der Waals surface area contributed by atoms with Crippen LogP contribution in [-0.2, 0) is 19.6 Å². The van der Waals surface area contributed by atoms with Gasteiger partial charge >= 0.3 is 0 Å². The van der Waals surface area contributed by atoms with Gasteiger partial charge in [0, 0.05) is 6.54 Å². The maximum atomic E-state index is 8.60. The number of benzene rings is 1. The van der Waals surface area contributed by atoms with Crippen molar-refractivity contribution in [3.8, 4) is 11.8 Å². The van der Waals surface area contributed by atoms with Crippen molar-refractivity contribution in [2.24, 2.45) is 0 Å². The predicted molar refractivity (Wildman–Crippen MR) is 70.4 cm³/mol. The second-order valence-electron chi connectivity index (χ2n) is 4.17. The molecule has 0 fully saturated rings. The summed E-state index contributed by atoms with van der Waals surface area (Å²) in [5, 5.41) is 12.7. The van der Waals surface area contributed by atoms with Gasteiger partial charge in [-0.3, -0.25) is 0 Å². The Kier molecular flexibility index (Phi) is 4.51. The lowest BCUT2D eigenvalue weighted by atomic mass is 10.2. The molecule has 0 bridgehead atoms. The third-order valence-corrected chi connectivity index (χ3v) is 2.71. The number of aromatic nitrogens is 3. The molecule has 0 spiro atoms. The van der Waals surface area contributed by atoms with E-state index in [1.54, 1.807) is 6.33 Å². The van der Waals surface area contributed by atoms with Crippen molar-refractivity contribution in [1.82, 2.24) is 14.8 Å². The molecular weight excluding hydrogens is 240 g/mol. The number of aryl methyl sites for hydroxylation is 1. The highest BCUT2D eigenvalue weighted by molar-refractivity contribution is 5.28. The van der Waals surface area contributed by atoms with Crippen molar-refractivity contribution in [2.75, 3.05) is 0 Å². The summed E-state index contributed by atoms with van der Waals surface area (Å²) in [6, 6.07) is 9.65. The van der Waals surface area contributed by atoms with Crippen molar-refractivity contribution in [1.29, 1.82) is 5.26 Å². The van der Waals surface area contributed by atoms with Crippen molar-refractivity contribution in [2.45, 2.75) is 32.9 Å². The van der Waals surface area contributed by atoms with Crippen LogP contribution in [0.3, 0.4) is 0 Å². The summed E-state index contributed by atoms with van der Waals surface area (Å²) in [5.41, 5.74) is 0.990. The molecule has 1 aromatic heterocycles. The third kappa shape index (κ3) is 3.55.